The number of carbonyl (C=O) groups excluding carboxylic acids is 1. The molecule has 1 N–H and O–H groups in total. The number of nitrogens with zero attached hydrogens (tertiary/aromatic N) is 4. The van der Waals surface area contributed by atoms with Crippen LogP contribution in [0.4, 0.5) is 8.78 Å². The van der Waals surface area contributed by atoms with Gasteiger partial charge in [-0.3, -0.25) is 4.79 Å². The number of carbonyl (C=O) groups is 1. The second-order valence-electron chi connectivity index (χ2n) is 6.21. The third-order valence-corrected chi connectivity index (χ3v) is 4.65. The van der Waals surface area contributed by atoms with Crippen molar-refractivity contribution in [2.24, 2.45) is 0 Å². The molecular formula is C14H16F2N4O3S. The van der Waals surface area contributed by atoms with Gasteiger partial charge in [-0.25, -0.2) is 13.8 Å². The Hall–Kier alpha value is -1.94. The lowest BCUT2D eigenvalue weighted by Crippen LogP contribution is -2.41. The van der Waals surface area contributed by atoms with Gasteiger partial charge in [0.25, 0.3) is 11.8 Å². The Kier molecular flexibility index (Phi) is 4.12. The Morgan fingerprint density at radius 3 is 2.88 bits per heavy atom. The minimum atomic E-state index is -2.86. The summed E-state index contributed by atoms with van der Waals surface area (Å²) in [6.45, 7) is 2.94. The highest BCUT2D eigenvalue weighted by atomic mass is 32.1. The topological polar surface area (TPSA) is 92.4 Å². The molecule has 1 saturated heterocycles. The van der Waals surface area contributed by atoms with Gasteiger partial charge in [0.05, 0.1) is 17.2 Å². The number of likely N-dealkylation sites (tertiary alicyclic amines) is 1. The summed E-state index contributed by atoms with van der Waals surface area (Å²) in [4.78, 5) is 17.1. The number of aromatic nitrogens is 3. The van der Waals surface area contributed by atoms with Crippen molar-refractivity contribution in [2.45, 2.75) is 44.3 Å². The molecule has 1 atom stereocenters. The normalized spacial score (nSPS) is 21.0. The Balaban J connectivity index is 1.97. The first kappa shape index (κ1) is 16.9. The molecule has 2 aromatic heterocycles. The molecule has 0 saturated carbocycles. The Morgan fingerprint density at radius 1 is 1.50 bits per heavy atom. The lowest BCUT2D eigenvalue weighted by atomic mass is 9.96. The maximum Gasteiger partial charge on any atom is 0.259 e. The van der Waals surface area contributed by atoms with Gasteiger partial charge in [0.2, 0.25) is 12.3 Å². The predicted octanol–water partition coefficient (Wildman–Crippen LogP) is 2.35. The number of rotatable bonds is 4. The van der Waals surface area contributed by atoms with E-state index in [0.717, 1.165) is 11.3 Å². The molecule has 0 aromatic carbocycles. The highest BCUT2D eigenvalue weighted by molar-refractivity contribution is 7.13. The lowest BCUT2D eigenvalue weighted by molar-refractivity contribution is -0.130. The van der Waals surface area contributed by atoms with Gasteiger partial charge in [-0.05, 0) is 13.8 Å². The van der Waals surface area contributed by atoms with Gasteiger partial charge < -0.3 is 14.4 Å². The van der Waals surface area contributed by atoms with Crippen LogP contribution < -0.4 is 0 Å². The van der Waals surface area contributed by atoms with Crippen LogP contribution in [-0.2, 0) is 10.4 Å². The molecule has 0 bridgehead atoms. The molecule has 7 nitrogen and oxygen atoms in total. The first-order valence-electron chi connectivity index (χ1n) is 7.30. The van der Waals surface area contributed by atoms with Crippen molar-refractivity contribution >= 4 is 17.7 Å². The average molecular weight is 358 g/mol. The third kappa shape index (κ3) is 3.16. The molecule has 1 amide bonds. The van der Waals surface area contributed by atoms with Crippen molar-refractivity contribution in [2.75, 3.05) is 6.54 Å². The molecule has 0 aliphatic carbocycles. The number of halogens is 2. The fourth-order valence-corrected chi connectivity index (χ4v) is 3.31. The summed E-state index contributed by atoms with van der Waals surface area (Å²) >= 11 is 1.16. The highest BCUT2D eigenvalue weighted by Crippen LogP contribution is 2.42. The van der Waals surface area contributed by atoms with Gasteiger partial charge in [0.15, 0.2) is 0 Å². The number of piperidine rings is 1. The van der Waals surface area contributed by atoms with E-state index >= 15 is 0 Å². The van der Waals surface area contributed by atoms with E-state index in [4.69, 9.17) is 4.42 Å². The minimum Gasteiger partial charge on any atom is -0.417 e. The number of hydrogen-bond donors (Lipinski definition) is 1. The smallest absolute Gasteiger partial charge is 0.259 e. The largest absolute Gasteiger partial charge is 0.417 e. The van der Waals surface area contributed by atoms with E-state index in [-0.39, 0.29) is 24.7 Å². The number of aliphatic hydroxyl groups is 1. The van der Waals surface area contributed by atoms with Crippen molar-refractivity contribution in [1.29, 1.82) is 0 Å². The van der Waals surface area contributed by atoms with Gasteiger partial charge in [-0.2, -0.15) is 0 Å². The standard InChI is InChI=1S/C14H16F2N4O3S/c1-13(2,22)12-19-18-11(23-12)10-9(17-6-24-10)8-5-14(15,16)3-4-20(8)7-21/h6-8,22H,3-5H2,1-2H3. The molecule has 1 fully saturated rings. The molecule has 0 radical (unpaired) electrons. The van der Waals surface area contributed by atoms with Crippen LogP contribution >= 0.6 is 11.3 Å². The van der Waals surface area contributed by atoms with Crippen LogP contribution in [0.2, 0.25) is 0 Å². The Morgan fingerprint density at radius 2 is 2.25 bits per heavy atom. The van der Waals surface area contributed by atoms with Gasteiger partial charge in [-0.15, -0.1) is 21.5 Å². The van der Waals surface area contributed by atoms with E-state index in [1.54, 1.807) is 0 Å². The second kappa shape index (κ2) is 5.85. The summed E-state index contributed by atoms with van der Waals surface area (Å²) < 4.78 is 33.0. The third-order valence-electron chi connectivity index (χ3n) is 3.82. The summed E-state index contributed by atoms with van der Waals surface area (Å²) in [5.41, 5.74) is 0.467. The zero-order valence-electron chi connectivity index (χ0n) is 13.1. The molecule has 0 spiro atoms. The summed E-state index contributed by atoms with van der Waals surface area (Å²) in [6, 6.07) is -0.856. The van der Waals surface area contributed by atoms with Crippen molar-refractivity contribution in [1.82, 2.24) is 20.1 Å². The summed E-state index contributed by atoms with van der Waals surface area (Å²) in [5.74, 6) is -2.76. The fourth-order valence-electron chi connectivity index (χ4n) is 2.55. The molecule has 1 unspecified atom stereocenters. The van der Waals surface area contributed by atoms with Crippen molar-refractivity contribution in [3.63, 3.8) is 0 Å². The van der Waals surface area contributed by atoms with Crippen LogP contribution in [0, 0.1) is 0 Å². The molecule has 10 heteroatoms. The molecule has 3 heterocycles. The average Bonchev–Trinajstić information content (AvgIpc) is 3.14. The van der Waals surface area contributed by atoms with E-state index in [2.05, 4.69) is 15.2 Å². The molecule has 2 aromatic rings. The van der Waals surface area contributed by atoms with Gasteiger partial charge in [0, 0.05) is 19.4 Å². The van der Waals surface area contributed by atoms with Crippen molar-refractivity contribution in [3.05, 3.63) is 17.1 Å². The Bertz CT molecular complexity index is 740. The van der Waals surface area contributed by atoms with Gasteiger partial charge in [0.1, 0.15) is 10.5 Å². The molecule has 3 rings (SSSR count). The zero-order chi connectivity index (χ0) is 17.5. The summed E-state index contributed by atoms with van der Waals surface area (Å²) in [7, 11) is 0. The van der Waals surface area contributed by atoms with Crippen LogP contribution in [0.25, 0.3) is 10.8 Å². The van der Waals surface area contributed by atoms with E-state index in [1.165, 1.54) is 24.3 Å². The summed E-state index contributed by atoms with van der Waals surface area (Å²) in [5, 5.41) is 17.6. The maximum atomic E-state index is 13.8. The number of alkyl halides is 2. The van der Waals surface area contributed by atoms with Crippen LogP contribution in [0.5, 0.6) is 0 Å². The fraction of sp³-hybridized carbons (Fsp3) is 0.571. The zero-order valence-corrected chi connectivity index (χ0v) is 13.9. The van der Waals surface area contributed by atoms with E-state index < -0.39 is 24.0 Å². The van der Waals surface area contributed by atoms with Crippen molar-refractivity contribution in [3.8, 4) is 10.8 Å². The van der Waals surface area contributed by atoms with E-state index in [1.807, 2.05) is 0 Å². The first-order chi connectivity index (χ1) is 11.2. The minimum absolute atomic E-state index is 0.0121. The van der Waals surface area contributed by atoms with Gasteiger partial charge in [-0.1, -0.05) is 0 Å². The Labute approximate surface area is 140 Å². The lowest BCUT2D eigenvalue weighted by Gasteiger charge is -2.36. The molecular weight excluding hydrogens is 342 g/mol. The van der Waals surface area contributed by atoms with Gasteiger partial charge >= 0.3 is 0 Å². The highest BCUT2D eigenvalue weighted by Gasteiger charge is 2.42. The molecule has 130 valence electrons. The van der Waals surface area contributed by atoms with Crippen LogP contribution in [0.3, 0.4) is 0 Å². The quantitative estimate of drug-likeness (QED) is 0.844. The van der Waals surface area contributed by atoms with Crippen LogP contribution in [0.15, 0.2) is 9.93 Å². The van der Waals surface area contributed by atoms with Crippen molar-refractivity contribution < 1.29 is 23.1 Å². The SMILES string of the molecule is CC(C)(O)c1nnc(-c2scnc2C2CC(F)(F)CCN2C=O)o1. The number of amides is 1. The first-order valence-corrected chi connectivity index (χ1v) is 8.18. The second-order valence-corrected chi connectivity index (χ2v) is 7.06. The van der Waals surface area contributed by atoms with E-state index in [9.17, 15) is 18.7 Å². The predicted molar refractivity (Wildman–Crippen MR) is 80.3 cm³/mol. The molecule has 1 aliphatic heterocycles. The summed E-state index contributed by atoms with van der Waals surface area (Å²) in [6.07, 6.45) is -0.320. The molecule has 24 heavy (non-hydrogen) atoms. The number of thiazole rings is 1. The van der Waals surface area contributed by atoms with E-state index in [0.29, 0.717) is 17.0 Å². The number of hydrogen-bond acceptors (Lipinski definition) is 7. The molecule has 1 aliphatic rings. The maximum absolute atomic E-state index is 13.8. The monoisotopic (exact) mass is 358 g/mol. The van der Waals surface area contributed by atoms with Crippen LogP contribution in [-0.4, -0.2) is 44.1 Å². The van der Waals surface area contributed by atoms with Crippen LogP contribution in [0.1, 0.15) is 44.3 Å².